The minimum Gasteiger partial charge on any atom is -0.493 e. The average molecular weight is 453 g/mol. The van der Waals surface area contributed by atoms with Crippen molar-refractivity contribution >= 4 is 11.8 Å². The molecule has 0 bridgehead atoms. The van der Waals surface area contributed by atoms with Gasteiger partial charge >= 0.3 is 0 Å². The van der Waals surface area contributed by atoms with E-state index in [2.05, 4.69) is 5.32 Å². The van der Waals surface area contributed by atoms with Gasteiger partial charge in [0.15, 0.2) is 11.5 Å². The van der Waals surface area contributed by atoms with Crippen LogP contribution in [0.1, 0.15) is 54.1 Å². The van der Waals surface area contributed by atoms with Crippen LogP contribution < -0.4 is 14.8 Å². The number of carbonyl (C=O) groups is 2. The SMILES string of the molecule is COc1ccc(C2C3CCCCC3(O)CCN2C(=O)CNC(=O)c2ccccc2)cc1OC. The van der Waals surface area contributed by atoms with E-state index in [1.807, 2.05) is 29.2 Å². The zero-order valence-electron chi connectivity index (χ0n) is 19.3. The number of ether oxygens (including phenoxy) is 2. The quantitative estimate of drug-likeness (QED) is 0.702. The molecule has 3 atom stereocenters. The summed E-state index contributed by atoms with van der Waals surface area (Å²) in [4.78, 5) is 27.6. The van der Waals surface area contributed by atoms with Crippen molar-refractivity contribution < 1.29 is 24.2 Å². The highest BCUT2D eigenvalue weighted by Gasteiger charge is 2.50. The molecule has 3 unspecified atom stereocenters. The second-order valence-corrected chi connectivity index (χ2v) is 8.90. The smallest absolute Gasteiger partial charge is 0.251 e. The average Bonchev–Trinajstić information content (AvgIpc) is 2.86. The summed E-state index contributed by atoms with van der Waals surface area (Å²) in [5, 5.41) is 14.2. The van der Waals surface area contributed by atoms with Crippen molar-refractivity contribution in [3.8, 4) is 11.5 Å². The number of nitrogens with zero attached hydrogens (tertiary/aromatic N) is 1. The van der Waals surface area contributed by atoms with Gasteiger partial charge in [-0.2, -0.15) is 0 Å². The highest BCUT2D eigenvalue weighted by atomic mass is 16.5. The molecule has 176 valence electrons. The molecule has 1 saturated heterocycles. The first-order valence-corrected chi connectivity index (χ1v) is 11.5. The van der Waals surface area contributed by atoms with Gasteiger partial charge in [-0.3, -0.25) is 9.59 Å². The molecule has 33 heavy (non-hydrogen) atoms. The molecular formula is C26H32N2O5. The van der Waals surface area contributed by atoms with E-state index < -0.39 is 5.60 Å². The first kappa shape index (κ1) is 23.1. The van der Waals surface area contributed by atoms with Crippen LogP contribution in [0.2, 0.25) is 0 Å². The number of carbonyl (C=O) groups excluding carboxylic acids is 2. The number of likely N-dealkylation sites (tertiary alicyclic amines) is 1. The van der Waals surface area contributed by atoms with Crippen LogP contribution in [-0.4, -0.2) is 54.7 Å². The number of piperidine rings is 1. The lowest BCUT2D eigenvalue weighted by atomic mass is 9.66. The fourth-order valence-electron chi connectivity index (χ4n) is 5.36. The molecule has 7 heteroatoms. The van der Waals surface area contributed by atoms with Gasteiger partial charge in [-0.05, 0) is 49.1 Å². The van der Waals surface area contributed by atoms with Crippen LogP contribution in [-0.2, 0) is 4.79 Å². The van der Waals surface area contributed by atoms with E-state index >= 15 is 0 Å². The van der Waals surface area contributed by atoms with Crippen molar-refractivity contribution in [3.63, 3.8) is 0 Å². The lowest BCUT2D eigenvalue weighted by Gasteiger charge is -2.52. The molecule has 2 fully saturated rings. The van der Waals surface area contributed by atoms with E-state index in [1.165, 1.54) is 0 Å². The number of fused-ring (bicyclic) bond motifs is 1. The Morgan fingerprint density at radius 1 is 1.06 bits per heavy atom. The van der Waals surface area contributed by atoms with Crippen LogP contribution in [0.15, 0.2) is 48.5 Å². The van der Waals surface area contributed by atoms with Gasteiger partial charge in [-0.1, -0.05) is 37.1 Å². The van der Waals surface area contributed by atoms with Gasteiger partial charge in [0.2, 0.25) is 5.91 Å². The van der Waals surface area contributed by atoms with Crippen LogP contribution in [0.4, 0.5) is 0 Å². The van der Waals surface area contributed by atoms with Crippen LogP contribution in [0.3, 0.4) is 0 Å². The van der Waals surface area contributed by atoms with Crippen molar-refractivity contribution in [2.45, 2.75) is 43.7 Å². The summed E-state index contributed by atoms with van der Waals surface area (Å²) in [6.07, 6.45) is 4.14. The molecular weight excluding hydrogens is 420 g/mol. The van der Waals surface area contributed by atoms with Gasteiger partial charge in [0, 0.05) is 18.0 Å². The van der Waals surface area contributed by atoms with Crippen LogP contribution in [0, 0.1) is 5.92 Å². The van der Waals surface area contributed by atoms with Crippen molar-refractivity contribution in [1.82, 2.24) is 10.2 Å². The predicted octanol–water partition coefficient (Wildman–Crippen LogP) is 3.33. The van der Waals surface area contributed by atoms with E-state index in [-0.39, 0.29) is 30.3 Å². The molecule has 0 radical (unpaired) electrons. The highest BCUT2D eigenvalue weighted by Crippen LogP contribution is 2.50. The largest absolute Gasteiger partial charge is 0.493 e. The Hall–Kier alpha value is -3.06. The molecule has 4 rings (SSSR count). The fraction of sp³-hybridized carbons (Fsp3) is 0.462. The molecule has 1 aliphatic carbocycles. The Morgan fingerprint density at radius 3 is 2.55 bits per heavy atom. The minimum absolute atomic E-state index is 0.0770. The summed E-state index contributed by atoms with van der Waals surface area (Å²) in [7, 11) is 3.17. The molecule has 0 spiro atoms. The molecule has 2 aromatic carbocycles. The number of aliphatic hydroxyl groups is 1. The first-order valence-electron chi connectivity index (χ1n) is 11.5. The maximum Gasteiger partial charge on any atom is 0.251 e. The summed E-state index contributed by atoms with van der Waals surface area (Å²) >= 11 is 0. The number of amides is 2. The number of methoxy groups -OCH3 is 2. The standard InChI is InChI=1S/C26H32N2O5/c1-32-21-12-11-19(16-22(21)33-2)24-20-10-6-7-13-26(20,31)14-15-28(24)23(29)17-27-25(30)18-8-4-3-5-9-18/h3-5,8-9,11-12,16,20,24,31H,6-7,10,13-15,17H2,1-2H3,(H,27,30). The van der Waals surface area contributed by atoms with Crippen molar-refractivity contribution in [2.24, 2.45) is 5.92 Å². The Bertz CT molecular complexity index is 995. The second kappa shape index (κ2) is 9.83. The molecule has 1 heterocycles. The van der Waals surface area contributed by atoms with Crippen LogP contribution in [0.25, 0.3) is 0 Å². The maximum absolute atomic E-state index is 13.3. The van der Waals surface area contributed by atoms with Crippen molar-refractivity contribution in [2.75, 3.05) is 27.3 Å². The third kappa shape index (κ3) is 4.69. The third-order valence-electron chi connectivity index (χ3n) is 7.07. The molecule has 2 aliphatic rings. The first-order chi connectivity index (χ1) is 16.0. The summed E-state index contributed by atoms with van der Waals surface area (Å²) < 4.78 is 10.9. The minimum atomic E-state index is -0.792. The zero-order chi connectivity index (χ0) is 23.4. The Morgan fingerprint density at radius 2 is 1.82 bits per heavy atom. The fourth-order valence-corrected chi connectivity index (χ4v) is 5.36. The van der Waals surface area contributed by atoms with Gasteiger partial charge in [-0.25, -0.2) is 0 Å². The van der Waals surface area contributed by atoms with Gasteiger partial charge in [-0.15, -0.1) is 0 Å². The third-order valence-corrected chi connectivity index (χ3v) is 7.07. The van der Waals surface area contributed by atoms with Crippen molar-refractivity contribution in [1.29, 1.82) is 0 Å². The van der Waals surface area contributed by atoms with Gasteiger partial charge in [0.1, 0.15) is 0 Å². The highest BCUT2D eigenvalue weighted by molar-refractivity contribution is 5.96. The number of nitrogens with one attached hydrogen (secondary N) is 1. The van der Waals surface area contributed by atoms with Gasteiger partial charge in [0.25, 0.3) is 5.91 Å². The molecule has 2 amide bonds. The number of hydrogen-bond donors (Lipinski definition) is 2. The Kier molecular flexibility index (Phi) is 6.88. The summed E-state index contributed by atoms with van der Waals surface area (Å²) in [5.74, 6) is 0.685. The molecule has 7 nitrogen and oxygen atoms in total. The van der Waals surface area contributed by atoms with Gasteiger partial charge < -0.3 is 24.8 Å². The monoisotopic (exact) mass is 452 g/mol. The normalized spacial score (nSPS) is 24.5. The van der Waals surface area contributed by atoms with E-state index in [1.54, 1.807) is 38.5 Å². The van der Waals surface area contributed by atoms with E-state index in [0.717, 1.165) is 31.2 Å². The van der Waals surface area contributed by atoms with E-state index in [4.69, 9.17) is 9.47 Å². The van der Waals surface area contributed by atoms with Crippen LogP contribution in [0.5, 0.6) is 11.5 Å². The van der Waals surface area contributed by atoms with Crippen LogP contribution >= 0.6 is 0 Å². The van der Waals surface area contributed by atoms with E-state index in [9.17, 15) is 14.7 Å². The summed E-state index contributed by atoms with van der Waals surface area (Å²) in [5.41, 5.74) is 0.627. The Balaban J connectivity index is 1.60. The second-order valence-electron chi connectivity index (χ2n) is 8.90. The maximum atomic E-state index is 13.3. The summed E-state index contributed by atoms with van der Waals surface area (Å²) in [6.45, 7) is 0.342. The summed E-state index contributed by atoms with van der Waals surface area (Å²) in [6, 6.07) is 14.2. The number of hydrogen-bond acceptors (Lipinski definition) is 5. The lowest BCUT2D eigenvalue weighted by molar-refractivity contribution is -0.154. The Labute approximate surface area is 194 Å². The van der Waals surface area contributed by atoms with E-state index in [0.29, 0.717) is 30.0 Å². The van der Waals surface area contributed by atoms with Crippen molar-refractivity contribution in [3.05, 3.63) is 59.7 Å². The molecule has 0 aromatic heterocycles. The zero-order valence-corrected chi connectivity index (χ0v) is 19.3. The predicted molar refractivity (Wildman–Crippen MR) is 124 cm³/mol. The molecule has 1 saturated carbocycles. The molecule has 2 N–H and O–H groups in total. The molecule has 1 aliphatic heterocycles. The van der Waals surface area contributed by atoms with Gasteiger partial charge in [0.05, 0.1) is 32.4 Å². The molecule has 2 aromatic rings. The lowest BCUT2D eigenvalue weighted by Crippen LogP contribution is -2.57. The number of rotatable bonds is 6. The topological polar surface area (TPSA) is 88.1 Å². The number of benzene rings is 2.